The highest BCUT2D eigenvalue weighted by molar-refractivity contribution is 5.80. The monoisotopic (exact) mass is 254 g/mol. The van der Waals surface area contributed by atoms with Crippen molar-refractivity contribution in [2.45, 2.75) is 38.5 Å². The molecule has 2 unspecified atom stereocenters. The highest BCUT2D eigenvalue weighted by atomic mass is 16.5. The van der Waals surface area contributed by atoms with Crippen LogP contribution in [0.25, 0.3) is 0 Å². The van der Waals surface area contributed by atoms with E-state index in [0.29, 0.717) is 18.8 Å². The lowest BCUT2D eigenvalue weighted by atomic mass is 10.2. The first-order valence-electron chi connectivity index (χ1n) is 6.04. The number of carbonyl (C=O) groups is 1. The molecule has 0 aromatic carbocycles. The fraction of sp³-hybridized carbons (Fsp3) is 0.636. The Morgan fingerprint density at radius 2 is 2.56 bits per heavy atom. The van der Waals surface area contributed by atoms with E-state index in [1.807, 2.05) is 13.1 Å². The number of aromatic nitrogens is 2. The molecule has 2 heterocycles. The maximum Gasteiger partial charge on any atom is 0.263 e. The van der Waals surface area contributed by atoms with Gasteiger partial charge in [0.2, 0.25) is 0 Å². The van der Waals surface area contributed by atoms with Crippen molar-refractivity contribution in [3.05, 3.63) is 12.4 Å². The summed E-state index contributed by atoms with van der Waals surface area (Å²) in [6, 6.07) is 0. The smallest absolute Gasteiger partial charge is 0.263 e. The normalized spacial score (nSPS) is 23.0. The second kappa shape index (κ2) is 5.83. The van der Waals surface area contributed by atoms with Crippen molar-refractivity contribution in [1.29, 1.82) is 0 Å². The second-order valence-corrected chi connectivity index (χ2v) is 4.18. The maximum atomic E-state index is 11.3. The molecule has 0 radical (unpaired) electrons. The number of ether oxygens (including phenoxy) is 2. The van der Waals surface area contributed by atoms with Crippen molar-refractivity contribution in [1.82, 2.24) is 15.2 Å². The van der Waals surface area contributed by atoms with Crippen molar-refractivity contribution >= 4 is 5.91 Å². The van der Waals surface area contributed by atoms with Crippen molar-refractivity contribution in [3.63, 3.8) is 0 Å². The minimum absolute atomic E-state index is 0.0720. The quantitative estimate of drug-likeness (QED) is 0.432. The summed E-state index contributed by atoms with van der Waals surface area (Å²) in [4.78, 5) is 11.3. The Balaban J connectivity index is 1.76. The maximum absolute atomic E-state index is 11.3. The van der Waals surface area contributed by atoms with Gasteiger partial charge >= 0.3 is 0 Å². The van der Waals surface area contributed by atoms with Gasteiger partial charge < -0.3 is 9.47 Å². The summed E-state index contributed by atoms with van der Waals surface area (Å²) in [5, 5.41) is 4.11. The van der Waals surface area contributed by atoms with Gasteiger partial charge in [-0.2, -0.15) is 5.10 Å². The lowest BCUT2D eigenvalue weighted by Crippen LogP contribution is -2.39. The summed E-state index contributed by atoms with van der Waals surface area (Å²) in [6.07, 6.45) is 4.44. The van der Waals surface area contributed by atoms with Gasteiger partial charge in [0.15, 0.2) is 5.75 Å². The number of hydrogen-bond donors (Lipinski definition) is 2. The second-order valence-electron chi connectivity index (χ2n) is 4.18. The third-order valence-corrected chi connectivity index (χ3v) is 2.91. The number of hydrazine groups is 1. The van der Waals surface area contributed by atoms with Crippen LogP contribution < -0.4 is 16.0 Å². The highest BCUT2D eigenvalue weighted by Gasteiger charge is 2.30. The van der Waals surface area contributed by atoms with Gasteiger partial charge in [0.25, 0.3) is 5.91 Å². The zero-order valence-electron chi connectivity index (χ0n) is 10.3. The number of nitrogens with two attached hydrogens (primary N) is 1. The number of carbonyl (C=O) groups excluding carboxylic acids is 1. The molecule has 1 aliphatic heterocycles. The van der Waals surface area contributed by atoms with Crippen molar-refractivity contribution in [3.8, 4) is 5.75 Å². The number of amides is 1. The molecule has 2 atom stereocenters. The predicted molar refractivity (Wildman–Crippen MR) is 63.6 cm³/mol. The van der Waals surface area contributed by atoms with Crippen molar-refractivity contribution in [2.75, 3.05) is 6.61 Å². The van der Waals surface area contributed by atoms with E-state index in [-0.39, 0.29) is 12.0 Å². The zero-order chi connectivity index (χ0) is 13.0. The van der Waals surface area contributed by atoms with Gasteiger partial charge in [0, 0.05) is 6.54 Å². The summed E-state index contributed by atoms with van der Waals surface area (Å²) in [6.45, 7) is 3.23. The molecule has 1 fully saturated rings. The number of aryl methyl sites for hydroxylation is 1. The van der Waals surface area contributed by atoms with Gasteiger partial charge in [0.1, 0.15) is 12.7 Å². The van der Waals surface area contributed by atoms with Crippen LogP contribution in [0.1, 0.15) is 19.8 Å². The van der Waals surface area contributed by atoms with Crippen LogP contribution >= 0.6 is 0 Å². The molecule has 100 valence electrons. The van der Waals surface area contributed by atoms with Gasteiger partial charge in [-0.25, -0.2) is 5.84 Å². The Bertz CT molecular complexity index is 407. The van der Waals surface area contributed by atoms with Crippen LogP contribution in [-0.4, -0.2) is 34.5 Å². The molecule has 1 amide bonds. The summed E-state index contributed by atoms with van der Waals surface area (Å²) in [7, 11) is 0. The Morgan fingerprint density at radius 3 is 3.22 bits per heavy atom. The summed E-state index contributed by atoms with van der Waals surface area (Å²) in [5.74, 6) is 5.49. The lowest BCUT2D eigenvalue weighted by Gasteiger charge is -2.12. The van der Waals surface area contributed by atoms with E-state index in [1.54, 1.807) is 10.9 Å². The average molecular weight is 254 g/mol. The zero-order valence-corrected chi connectivity index (χ0v) is 10.3. The van der Waals surface area contributed by atoms with E-state index >= 15 is 0 Å². The Labute approximate surface area is 105 Å². The predicted octanol–water partition coefficient (Wildman–Crippen LogP) is -0.181. The Kier molecular flexibility index (Phi) is 4.16. The van der Waals surface area contributed by atoms with Crippen LogP contribution in [0, 0.1) is 0 Å². The van der Waals surface area contributed by atoms with Gasteiger partial charge in [-0.1, -0.05) is 0 Å². The van der Waals surface area contributed by atoms with E-state index in [0.717, 1.165) is 13.0 Å². The van der Waals surface area contributed by atoms with E-state index in [9.17, 15) is 4.79 Å². The van der Waals surface area contributed by atoms with E-state index < -0.39 is 6.10 Å². The van der Waals surface area contributed by atoms with Crippen LogP contribution in [0.3, 0.4) is 0 Å². The molecule has 0 aliphatic carbocycles. The molecule has 3 N–H and O–H groups in total. The first kappa shape index (κ1) is 12.8. The summed E-state index contributed by atoms with van der Waals surface area (Å²) < 4.78 is 12.9. The topological polar surface area (TPSA) is 91.4 Å². The Morgan fingerprint density at radius 1 is 1.72 bits per heavy atom. The lowest BCUT2D eigenvalue weighted by molar-refractivity contribution is -0.132. The molecule has 0 spiro atoms. The molecule has 2 rings (SSSR count). The summed E-state index contributed by atoms with van der Waals surface area (Å²) in [5.41, 5.74) is 2.09. The minimum atomic E-state index is -0.457. The van der Waals surface area contributed by atoms with Crippen LogP contribution in [-0.2, 0) is 16.1 Å². The fourth-order valence-corrected chi connectivity index (χ4v) is 1.90. The average Bonchev–Trinajstić information content (AvgIpc) is 3.04. The van der Waals surface area contributed by atoms with Crippen LogP contribution in [0.15, 0.2) is 12.4 Å². The molecule has 1 aliphatic rings. The molecule has 7 heteroatoms. The van der Waals surface area contributed by atoms with Gasteiger partial charge in [-0.3, -0.25) is 14.9 Å². The third-order valence-electron chi connectivity index (χ3n) is 2.91. The molecule has 1 aromatic rings. The van der Waals surface area contributed by atoms with Gasteiger partial charge in [-0.15, -0.1) is 0 Å². The highest BCUT2D eigenvalue weighted by Crippen LogP contribution is 2.20. The van der Waals surface area contributed by atoms with Crippen molar-refractivity contribution in [2.24, 2.45) is 5.84 Å². The molecular formula is C11H18N4O3. The van der Waals surface area contributed by atoms with E-state index in [2.05, 4.69) is 10.5 Å². The Hall–Kier alpha value is -1.60. The van der Waals surface area contributed by atoms with Gasteiger partial charge in [0.05, 0.1) is 18.5 Å². The number of nitrogens with one attached hydrogen (secondary N) is 1. The number of hydrogen-bond acceptors (Lipinski definition) is 5. The minimum Gasteiger partial charge on any atom is -0.488 e. The molecule has 1 aromatic heterocycles. The standard InChI is InChI=1S/C11H18N4O3/c1-2-15-6-9(5-13-15)17-7-8-3-4-10(18-8)11(16)14-12/h5-6,8,10H,2-4,7,12H2,1H3,(H,14,16). The van der Waals surface area contributed by atoms with E-state index in [1.165, 1.54) is 0 Å². The SMILES string of the molecule is CCn1cc(OCC2CCC(C(=O)NN)O2)cn1. The molecule has 18 heavy (non-hydrogen) atoms. The first-order chi connectivity index (χ1) is 8.72. The van der Waals surface area contributed by atoms with Crippen LogP contribution in [0.2, 0.25) is 0 Å². The molecule has 0 bridgehead atoms. The van der Waals surface area contributed by atoms with Gasteiger partial charge in [-0.05, 0) is 19.8 Å². The van der Waals surface area contributed by atoms with Crippen molar-refractivity contribution < 1.29 is 14.3 Å². The summed E-state index contributed by atoms with van der Waals surface area (Å²) >= 11 is 0. The first-order valence-corrected chi connectivity index (χ1v) is 6.04. The number of nitrogens with zero attached hydrogens (tertiary/aromatic N) is 2. The molecule has 7 nitrogen and oxygen atoms in total. The molecule has 0 saturated carbocycles. The largest absolute Gasteiger partial charge is 0.488 e. The number of rotatable bonds is 5. The molecular weight excluding hydrogens is 236 g/mol. The van der Waals surface area contributed by atoms with Crippen LogP contribution in [0.4, 0.5) is 0 Å². The fourth-order valence-electron chi connectivity index (χ4n) is 1.90. The molecule has 1 saturated heterocycles. The third kappa shape index (κ3) is 2.99. The van der Waals surface area contributed by atoms with Crippen LogP contribution in [0.5, 0.6) is 5.75 Å². The van der Waals surface area contributed by atoms with E-state index in [4.69, 9.17) is 15.3 Å².